The van der Waals surface area contributed by atoms with Crippen LogP contribution in [-0.4, -0.2) is 13.2 Å². The molecule has 4 aromatic carbocycles. The number of rotatable bonds is 10. The normalized spacial score (nSPS) is 12.4. The van der Waals surface area contributed by atoms with E-state index < -0.39 is 20.2 Å². The molecule has 0 heterocycles. The molecule has 0 spiro atoms. The Morgan fingerprint density at radius 1 is 0.486 bits per heavy atom. The molecule has 35 heavy (non-hydrogen) atoms. The topological polar surface area (TPSA) is 52.6 Å². The smallest absolute Gasteiger partial charge is 0.261 e. The minimum Gasteiger partial charge on any atom is -0.321 e. The third-order valence-electron chi connectivity index (χ3n) is 5.66. The van der Waals surface area contributed by atoms with Crippen LogP contribution < -0.4 is 21.2 Å². The van der Waals surface area contributed by atoms with E-state index in [9.17, 15) is 9.13 Å². The van der Waals surface area contributed by atoms with E-state index in [1.165, 1.54) is 0 Å². The minimum absolute atomic E-state index is 0.164. The van der Waals surface area contributed by atoms with Crippen molar-refractivity contribution in [3.63, 3.8) is 0 Å². The average Bonchev–Trinajstić information content (AvgIpc) is 2.92. The number of hydrogen-bond acceptors (Lipinski definition) is 4. The molecule has 0 unspecified atom stereocenters. The second-order valence-electron chi connectivity index (χ2n) is 9.16. The van der Waals surface area contributed by atoms with E-state index in [0.717, 1.165) is 0 Å². The molecule has 0 amide bonds. The highest BCUT2D eigenvalue weighted by Crippen LogP contribution is 2.48. The largest absolute Gasteiger partial charge is 0.321 e. The Bertz CT molecular complexity index is 1120. The van der Waals surface area contributed by atoms with Gasteiger partial charge in [-0.2, -0.15) is 0 Å². The van der Waals surface area contributed by atoms with Crippen molar-refractivity contribution in [3.8, 4) is 0 Å². The molecule has 0 saturated heterocycles. The van der Waals surface area contributed by atoms with Crippen molar-refractivity contribution >= 4 is 36.0 Å². The van der Waals surface area contributed by atoms with Gasteiger partial charge < -0.3 is 9.05 Å². The summed E-state index contributed by atoms with van der Waals surface area (Å²) in [7, 11) is -6.65. The lowest BCUT2D eigenvalue weighted by Gasteiger charge is -2.30. The van der Waals surface area contributed by atoms with Gasteiger partial charge in [0.2, 0.25) is 0 Å². The predicted octanol–water partition coefficient (Wildman–Crippen LogP) is 5.90. The van der Waals surface area contributed by atoms with Crippen LogP contribution in [0, 0.1) is 5.41 Å². The monoisotopic (exact) mass is 504 g/mol. The Hall–Kier alpha value is -2.74. The predicted molar refractivity (Wildman–Crippen MR) is 145 cm³/mol. The van der Waals surface area contributed by atoms with E-state index in [1.807, 2.05) is 135 Å². The van der Waals surface area contributed by atoms with Crippen LogP contribution in [0.2, 0.25) is 0 Å². The molecule has 0 radical (unpaired) electrons. The van der Waals surface area contributed by atoms with Crippen LogP contribution >= 0.6 is 14.7 Å². The third-order valence-corrected chi connectivity index (χ3v) is 10.6. The first-order chi connectivity index (χ1) is 16.8. The molecular weight excluding hydrogens is 474 g/mol. The molecule has 0 aliphatic heterocycles. The summed E-state index contributed by atoms with van der Waals surface area (Å²) in [5, 5.41) is 2.56. The zero-order chi connectivity index (χ0) is 24.8. The molecular formula is C29H30O4P2. The highest BCUT2D eigenvalue weighted by molar-refractivity contribution is 7.74. The van der Waals surface area contributed by atoms with Gasteiger partial charge in [0.15, 0.2) is 0 Å². The fraction of sp³-hybridized carbons (Fsp3) is 0.172. The Morgan fingerprint density at radius 3 is 0.943 bits per heavy atom. The summed E-state index contributed by atoms with van der Waals surface area (Å²) in [6.45, 7) is 4.26. The summed E-state index contributed by atoms with van der Waals surface area (Å²) in [5.74, 6) is 0. The summed E-state index contributed by atoms with van der Waals surface area (Å²) in [6, 6.07) is 37.1. The van der Waals surface area contributed by atoms with E-state index in [1.54, 1.807) is 0 Å². The maximum atomic E-state index is 14.2. The average molecular weight is 505 g/mol. The van der Waals surface area contributed by atoms with Gasteiger partial charge in [-0.1, -0.05) is 86.6 Å². The summed E-state index contributed by atoms with van der Waals surface area (Å²) in [4.78, 5) is 0. The van der Waals surface area contributed by atoms with Crippen molar-refractivity contribution in [3.05, 3.63) is 121 Å². The van der Waals surface area contributed by atoms with Gasteiger partial charge in [0.25, 0.3) is 14.7 Å². The van der Waals surface area contributed by atoms with E-state index in [-0.39, 0.29) is 13.2 Å². The first-order valence-corrected chi connectivity index (χ1v) is 14.8. The van der Waals surface area contributed by atoms with Gasteiger partial charge in [-0.3, -0.25) is 9.13 Å². The van der Waals surface area contributed by atoms with Gasteiger partial charge in [0.05, 0.1) is 13.2 Å². The first kappa shape index (κ1) is 25.4. The Morgan fingerprint density at radius 2 is 0.714 bits per heavy atom. The van der Waals surface area contributed by atoms with Crippen molar-refractivity contribution in [1.82, 2.24) is 0 Å². The molecule has 4 nitrogen and oxygen atoms in total. The minimum atomic E-state index is -3.33. The quantitative estimate of drug-likeness (QED) is 0.252. The zero-order valence-electron chi connectivity index (χ0n) is 20.0. The first-order valence-electron chi connectivity index (χ1n) is 11.6. The van der Waals surface area contributed by atoms with Crippen molar-refractivity contribution < 1.29 is 18.2 Å². The van der Waals surface area contributed by atoms with Crippen LogP contribution in [0.3, 0.4) is 0 Å². The Kier molecular flexibility index (Phi) is 7.89. The van der Waals surface area contributed by atoms with Crippen LogP contribution in [0.15, 0.2) is 121 Å². The molecule has 0 aliphatic carbocycles. The SMILES string of the molecule is CC(C)(COP(=O)(c1ccccc1)c1ccccc1)COP(=O)(c1ccccc1)c1ccccc1. The summed E-state index contributed by atoms with van der Waals surface area (Å²) in [5.41, 5.74) is -0.557. The van der Waals surface area contributed by atoms with Gasteiger partial charge in [-0.25, -0.2) is 0 Å². The van der Waals surface area contributed by atoms with Crippen molar-refractivity contribution in [2.24, 2.45) is 5.41 Å². The molecule has 4 rings (SSSR count). The number of hydrogen-bond donors (Lipinski definition) is 0. The Balaban J connectivity index is 1.56. The summed E-state index contributed by atoms with van der Waals surface area (Å²) in [6.07, 6.45) is 0. The molecule has 0 N–H and O–H groups in total. The zero-order valence-corrected chi connectivity index (χ0v) is 21.8. The molecule has 4 aromatic rings. The van der Waals surface area contributed by atoms with Gasteiger partial charge in [0.1, 0.15) is 0 Å². The van der Waals surface area contributed by atoms with Crippen LogP contribution in [0.1, 0.15) is 13.8 Å². The molecule has 0 saturated carbocycles. The second-order valence-corrected chi connectivity index (χ2v) is 13.9. The molecule has 0 bridgehead atoms. The fourth-order valence-corrected chi connectivity index (χ4v) is 8.18. The van der Waals surface area contributed by atoms with Crippen LogP contribution in [-0.2, 0) is 18.2 Å². The maximum Gasteiger partial charge on any atom is 0.261 e. The third kappa shape index (κ3) is 5.92. The lowest BCUT2D eigenvalue weighted by atomic mass is 9.97. The Labute approximate surface area is 207 Å². The van der Waals surface area contributed by atoms with Crippen molar-refractivity contribution in [2.45, 2.75) is 13.8 Å². The standard InChI is InChI=1S/C29H30O4P2/c1-29(2,23-32-34(30,25-15-7-3-8-16-25)26-17-9-4-10-18-26)24-33-35(31,27-19-11-5-12-20-27)28-21-13-6-14-22-28/h3-22H,23-24H2,1-2H3. The molecule has 180 valence electrons. The molecule has 6 heteroatoms. The van der Waals surface area contributed by atoms with E-state index >= 15 is 0 Å². The van der Waals surface area contributed by atoms with Crippen molar-refractivity contribution in [1.29, 1.82) is 0 Å². The maximum absolute atomic E-state index is 14.2. The molecule has 0 atom stereocenters. The van der Waals surface area contributed by atoms with Crippen LogP contribution in [0.25, 0.3) is 0 Å². The summed E-state index contributed by atoms with van der Waals surface area (Å²) >= 11 is 0. The van der Waals surface area contributed by atoms with Crippen LogP contribution in [0.4, 0.5) is 0 Å². The lowest BCUT2D eigenvalue weighted by Crippen LogP contribution is -2.30. The van der Waals surface area contributed by atoms with E-state index in [2.05, 4.69) is 0 Å². The molecule has 0 aliphatic rings. The second kappa shape index (κ2) is 10.9. The van der Waals surface area contributed by atoms with E-state index in [4.69, 9.17) is 9.05 Å². The van der Waals surface area contributed by atoms with Gasteiger partial charge >= 0.3 is 0 Å². The number of benzene rings is 4. The lowest BCUT2D eigenvalue weighted by molar-refractivity contribution is 0.119. The van der Waals surface area contributed by atoms with Crippen LogP contribution in [0.5, 0.6) is 0 Å². The van der Waals surface area contributed by atoms with Gasteiger partial charge in [-0.15, -0.1) is 0 Å². The highest BCUT2D eigenvalue weighted by Gasteiger charge is 2.35. The summed E-state index contributed by atoms with van der Waals surface area (Å²) < 4.78 is 40.8. The van der Waals surface area contributed by atoms with Gasteiger partial charge in [-0.05, 0) is 48.5 Å². The highest BCUT2D eigenvalue weighted by atomic mass is 31.2. The molecule has 0 aromatic heterocycles. The van der Waals surface area contributed by atoms with Crippen molar-refractivity contribution in [2.75, 3.05) is 13.2 Å². The fourth-order valence-electron chi connectivity index (χ4n) is 3.67. The molecule has 0 fully saturated rings. The van der Waals surface area contributed by atoms with E-state index in [0.29, 0.717) is 21.2 Å². The van der Waals surface area contributed by atoms with Gasteiger partial charge in [0, 0.05) is 26.6 Å².